The molecule has 0 atom stereocenters. The van der Waals surface area contributed by atoms with Crippen molar-refractivity contribution < 1.29 is 14.3 Å². The molecule has 1 N–H and O–H groups in total. The number of nitrogens with zero attached hydrogens (tertiary/aromatic N) is 3. The largest absolute Gasteiger partial charge is 0.496 e. The van der Waals surface area contributed by atoms with Crippen molar-refractivity contribution in [1.29, 1.82) is 0 Å². The maximum atomic E-state index is 12.5. The summed E-state index contributed by atoms with van der Waals surface area (Å²) in [5.41, 5.74) is 2.11. The van der Waals surface area contributed by atoms with E-state index in [0.29, 0.717) is 28.3 Å². The number of hydrogen-bond donors (Lipinski definition) is 1. The van der Waals surface area contributed by atoms with Crippen LogP contribution in [0.3, 0.4) is 0 Å². The zero-order valence-corrected chi connectivity index (χ0v) is 15.3. The monoisotopic (exact) mass is 344 g/mol. The van der Waals surface area contributed by atoms with Gasteiger partial charge >= 0.3 is 0 Å². The molecule has 1 aromatic heterocycles. The summed E-state index contributed by atoms with van der Waals surface area (Å²) >= 11 is 0. The smallest absolute Gasteiger partial charge is 0.259 e. The number of benzene rings is 1. The van der Waals surface area contributed by atoms with Gasteiger partial charge in [0.2, 0.25) is 0 Å². The molecule has 2 rings (SSSR count). The Labute approximate surface area is 147 Å². The van der Waals surface area contributed by atoms with Crippen LogP contribution in [0.25, 0.3) is 0 Å². The summed E-state index contributed by atoms with van der Waals surface area (Å²) in [6.07, 6.45) is 2.68. The van der Waals surface area contributed by atoms with Gasteiger partial charge in [0, 0.05) is 32.5 Å². The Morgan fingerprint density at radius 2 is 2.00 bits per heavy atom. The lowest BCUT2D eigenvalue weighted by molar-refractivity contribution is 0.0824. The summed E-state index contributed by atoms with van der Waals surface area (Å²) in [5.74, 6) is 0.0109. The van der Waals surface area contributed by atoms with Crippen LogP contribution in [0, 0.1) is 6.92 Å². The molecule has 0 saturated heterocycles. The average molecular weight is 344 g/mol. The fraction of sp³-hybridized carbons (Fsp3) is 0.389. The number of ether oxygens (including phenoxy) is 1. The first-order valence-corrected chi connectivity index (χ1v) is 8.12. The highest BCUT2D eigenvalue weighted by Crippen LogP contribution is 2.24. The first-order chi connectivity index (χ1) is 11.9. The van der Waals surface area contributed by atoms with Gasteiger partial charge in [-0.25, -0.2) is 0 Å². The highest BCUT2D eigenvalue weighted by Gasteiger charge is 2.17. The number of hydrogen-bond acceptors (Lipinski definition) is 4. The van der Waals surface area contributed by atoms with E-state index in [1.165, 1.54) is 12.0 Å². The Kier molecular flexibility index (Phi) is 5.80. The van der Waals surface area contributed by atoms with Gasteiger partial charge in [0.25, 0.3) is 11.8 Å². The SMILES string of the molecule is CCCn1cc(C(=O)Nc2ccc(OC)c(C(=O)N(C)C)c2)c(C)n1. The number of aryl methyl sites for hydroxylation is 2. The van der Waals surface area contributed by atoms with Gasteiger partial charge in [-0.05, 0) is 31.5 Å². The molecule has 0 aliphatic rings. The normalized spacial score (nSPS) is 10.4. The van der Waals surface area contributed by atoms with Gasteiger partial charge < -0.3 is 15.0 Å². The molecule has 0 spiro atoms. The highest BCUT2D eigenvalue weighted by molar-refractivity contribution is 6.06. The topological polar surface area (TPSA) is 76.5 Å². The zero-order valence-electron chi connectivity index (χ0n) is 15.3. The first-order valence-electron chi connectivity index (χ1n) is 8.12. The summed E-state index contributed by atoms with van der Waals surface area (Å²) in [5, 5.41) is 7.16. The summed E-state index contributed by atoms with van der Waals surface area (Å²) in [6.45, 7) is 4.62. The number of carbonyl (C=O) groups is 2. The molecule has 0 aliphatic carbocycles. The Hall–Kier alpha value is -2.83. The number of methoxy groups -OCH3 is 1. The molecule has 0 saturated carbocycles. The molecule has 1 heterocycles. The highest BCUT2D eigenvalue weighted by atomic mass is 16.5. The molecule has 0 fully saturated rings. The second-order valence-corrected chi connectivity index (χ2v) is 5.96. The third kappa shape index (κ3) is 4.17. The van der Waals surface area contributed by atoms with Crippen LogP contribution in [0.2, 0.25) is 0 Å². The van der Waals surface area contributed by atoms with Gasteiger partial charge in [-0.3, -0.25) is 14.3 Å². The summed E-state index contributed by atoms with van der Waals surface area (Å²) in [6, 6.07) is 4.99. The average Bonchev–Trinajstić information content (AvgIpc) is 2.95. The molecule has 0 radical (unpaired) electrons. The molecule has 25 heavy (non-hydrogen) atoms. The fourth-order valence-electron chi connectivity index (χ4n) is 2.48. The second-order valence-electron chi connectivity index (χ2n) is 5.96. The van der Waals surface area contributed by atoms with Crippen molar-refractivity contribution in [3.8, 4) is 5.75 Å². The van der Waals surface area contributed by atoms with E-state index in [0.717, 1.165) is 13.0 Å². The third-order valence-corrected chi connectivity index (χ3v) is 3.74. The van der Waals surface area contributed by atoms with E-state index in [-0.39, 0.29) is 11.8 Å². The molecule has 2 amide bonds. The van der Waals surface area contributed by atoms with Crippen LogP contribution < -0.4 is 10.1 Å². The van der Waals surface area contributed by atoms with Crippen LogP contribution in [0.4, 0.5) is 5.69 Å². The fourth-order valence-corrected chi connectivity index (χ4v) is 2.48. The van der Waals surface area contributed by atoms with Gasteiger partial charge in [-0.1, -0.05) is 6.92 Å². The van der Waals surface area contributed by atoms with E-state index >= 15 is 0 Å². The van der Waals surface area contributed by atoms with Gasteiger partial charge in [0.05, 0.1) is 23.9 Å². The van der Waals surface area contributed by atoms with Crippen LogP contribution in [0.5, 0.6) is 5.75 Å². The minimum absolute atomic E-state index is 0.195. The van der Waals surface area contributed by atoms with Gasteiger partial charge in [0.1, 0.15) is 5.75 Å². The lowest BCUT2D eigenvalue weighted by atomic mass is 10.1. The number of rotatable bonds is 6. The Morgan fingerprint density at radius 3 is 2.60 bits per heavy atom. The van der Waals surface area contributed by atoms with Crippen LogP contribution in [0.15, 0.2) is 24.4 Å². The molecule has 7 heteroatoms. The predicted molar refractivity (Wildman–Crippen MR) is 96.2 cm³/mol. The Balaban J connectivity index is 2.26. The van der Waals surface area contributed by atoms with Crippen LogP contribution in [-0.4, -0.2) is 47.7 Å². The molecule has 2 aromatic rings. The quantitative estimate of drug-likeness (QED) is 0.874. The van der Waals surface area contributed by atoms with E-state index in [4.69, 9.17) is 4.74 Å². The number of amides is 2. The van der Waals surface area contributed by atoms with E-state index in [1.807, 2.05) is 0 Å². The molecule has 0 bridgehead atoms. The first kappa shape index (κ1) is 18.5. The lowest BCUT2D eigenvalue weighted by Gasteiger charge is -2.15. The zero-order chi connectivity index (χ0) is 18.6. The maximum Gasteiger partial charge on any atom is 0.259 e. The van der Waals surface area contributed by atoms with E-state index in [2.05, 4.69) is 17.3 Å². The van der Waals surface area contributed by atoms with Crippen molar-refractivity contribution in [2.75, 3.05) is 26.5 Å². The predicted octanol–water partition coefficient (Wildman–Crippen LogP) is 2.56. The lowest BCUT2D eigenvalue weighted by Crippen LogP contribution is -2.22. The van der Waals surface area contributed by atoms with Crippen molar-refractivity contribution in [3.05, 3.63) is 41.2 Å². The minimum Gasteiger partial charge on any atom is -0.496 e. The van der Waals surface area contributed by atoms with Crippen LogP contribution in [0.1, 0.15) is 39.8 Å². The van der Waals surface area contributed by atoms with E-state index in [1.54, 1.807) is 50.1 Å². The van der Waals surface area contributed by atoms with Gasteiger partial charge in [-0.2, -0.15) is 5.10 Å². The number of anilines is 1. The van der Waals surface area contributed by atoms with Crippen LogP contribution in [-0.2, 0) is 6.54 Å². The van der Waals surface area contributed by atoms with Crippen molar-refractivity contribution in [2.45, 2.75) is 26.8 Å². The maximum absolute atomic E-state index is 12.5. The molecule has 134 valence electrons. The van der Waals surface area contributed by atoms with E-state index < -0.39 is 0 Å². The third-order valence-electron chi connectivity index (χ3n) is 3.74. The second kappa shape index (κ2) is 7.83. The van der Waals surface area contributed by atoms with Crippen molar-refractivity contribution in [1.82, 2.24) is 14.7 Å². The van der Waals surface area contributed by atoms with Crippen molar-refractivity contribution in [3.63, 3.8) is 0 Å². The number of carbonyl (C=O) groups excluding carboxylic acids is 2. The molecular formula is C18H24N4O3. The molecule has 0 unspecified atom stereocenters. The molecule has 0 aliphatic heterocycles. The Morgan fingerprint density at radius 1 is 1.28 bits per heavy atom. The van der Waals surface area contributed by atoms with E-state index in [9.17, 15) is 9.59 Å². The summed E-state index contributed by atoms with van der Waals surface area (Å²) in [4.78, 5) is 26.3. The summed E-state index contributed by atoms with van der Waals surface area (Å²) < 4.78 is 7.00. The van der Waals surface area contributed by atoms with Crippen molar-refractivity contribution >= 4 is 17.5 Å². The molecular weight excluding hydrogens is 320 g/mol. The Bertz CT molecular complexity index is 781. The van der Waals surface area contributed by atoms with Crippen molar-refractivity contribution in [2.24, 2.45) is 0 Å². The molecule has 1 aromatic carbocycles. The summed E-state index contributed by atoms with van der Waals surface area (Å²) in [7, 11) is 4.84. The standard InChI is InChI=1S/C18H24N4O3/c1-6-9-22-11-15(12(2)20-22)17(23)19-13-7-8-16(25-5)14(10-13)18(24)21(3)4/h7-8,10-11H,6,9H2,1-5H3,(H,19,23). The van der Waals surface area contributed by atoms with Crippen LogP contribution >= 0.6 is 0 Å². The van der Waals surface area contributed by atoms with Gasteiger partial charge in [0.15, 0.2) is 0 Å². The minimum atomic E-state index is -0.256. The number of aromatic nitrogens is 2. The number of nitrogens with one attached hydrogen (secondary N) is 1. The molecule has 7 nitrogen and oxygen atoms in total. The van der Waals surface area contributed by atoms with Gasteiger partial charge in [-0.15, -0.1) is 0 Å².